The first-order valence-electron chi connectivity index (χ1n) is 7.11. The van der Waals surface area contributed by atoms with Crippen molar-refractivity contribution in [1.29, 1.82) is 0 Å². The van der Waals surface area contributed by atoms with Crippen molar-refractivity contribution in [2.45, 2.75) is 24.0 Å². The zero-order chi connectivity index (χ0) is 17.9. The highest BCUT2D eigenvalue weighted by molar-refractivity contribution is 7.92. The molecule has 2 aromatic carbocycles. The van der Waals surface area contributed by atoms with Gasteiger partial charge in [0.2, 0.25) is 0 Å². The minimum absolute atomic E-state index is 0.133. The van der Waals surface area contributed by atoms with Gasteiger partial charge in [-0.3, -0.25) is 14.9 Å². The van der Waals surface area contributed by atoms with Crippen LogP contribution in [0.2, 0.25) is 0 Å². The van der Waals surface area contributed by atoms with Crippen LogP contribution in [-0.4, -0.2) is 24.5 Å². The van der Waals surface area contributed by atoms with Crippen molar-refractivity contribution in [2.75, 3.05) is 5.32 Å². The number of amides is 1. The predicted octanol–water partition coefficient (Wildman–Crippen LogP) is 3.03. The van der Waals surface area contributed by atoms with E-state index in [0.29, 0.717) is 0 Å². The van der Waals surface area contributed by atoms with E-state index in [4.69, 9.17) is 0 Å². The Bertz CT molecular complexity index is 874. The van der Waals surface area contributed by atoms with E-state index >= 15 is 0 Å². The van der Waals surface area contributed by atoms with E-state index in [0.717, 1.165) is 0 Å². The van der Waals surface area contributed by atoms with Crippen molar-refractivity contribution in [3.63, 3.8) is 0 Å². The first kappa shape index (κ1) is 17.6. The standard InChI is InChI=1S/C16H16N2O5S/c1-11(2)24(22,23)15-8-6-12(7-9-15)16(19)17-13-4-3-5-14(10-13)18(20)21/h3-11H,1-2H3,(H,17,19). The lowest BCUT2D eigenvalue weighted by atomic mass is 10.2. The summed E-state index contributed by atoms with van der Waals surface area (Å²) in [7, 11) is -3.40. The second-order valence-electron chi connectivity index (χ2n) is 5.38. The molecule has 2 rings (SSSR count). The summed E-state index contributed by atoms with van der Waals surface area (Å²) in [5, 5.41) is 12.7. The van der Waals surface area contributed by atoms with Gasteiger partial charge in [-0.05, 0) is 44.2 Å². The van der Waals surface area contributed by atoms with E-state index in [2.05, 4.69) is 5.32 Å². The molecule has 0 atom stereocenters. The molecule has 0 unspecified atom stereocenters. The molecule has 8 heteroatoms. The lowest BCUT2D eigenvalue weighted by Crippen LogP contribution is -2.15. The summed E-state index contributed by atoms with van der Waals surface area (Å²) in [6.07, 6.45) is 0. The molecule has 24 heavy (non-hydrogen) atoms. The number of nitrogens with one attached hydrogen (secondary N) is 1. The average molecular weight is 348 g/mol. The van der Waals surface area contributed by atoms with Crippen LogP contribution in [0.3, 0.4) is 0 Å². The average Bonchev–Trinajstić information content (AvgIpc) is 2.55. The molecule has 0 aliphatic rings. The zero-order valence-corrected chi connectivity index (χ0v) is 13.9. The van der Waals surface area contributed by atoms with Crippen molar-refractivity contribution >= 4 is 27.1 Å². The van der Waals surface area contributed by atoms with Crippen LogP contribution in [0.15, 0.2) is 53.4 Å². The fourth-order valence-corrected chi connectivity index (χ4v) is 3.03. The molecule has 0 bridgehead atoms. The van der Waals surface area contributed by atoms with Crippen LogP contribution in [0, 0.1) is 10.1 Å². The minimum atomic E-state index is -3.40. The number of hydrogen-bond donors (Lipinski definition) is 1. The lowest BCUT2D eigenvalue weighted by Gasteiger charge is -2.09. The number of carbonyl (C=O) groups is 1. The third-order valence-electron chi connectivity index (χ3n) is 3.38. The Hall–Kier alpha value is -2.74. The first-order chi connectivity index (χ1) is 11.2. The largest absolute Gasteiger partial charge is 0.322 e. The number of hydrogen-bond acceptors (Lipinski definition) is 5. The fraction of sp³-hybridized carbons (Fsp3) is 0.188. The highest BCUT2D eigenvalue weighted by atomic mass is 32.2. The predicted molar refractivity (Wildman–Crippen MR) is 89.8 cm³/mol. The summed E-state index contributed by atoms with van der Waals surface area (Å²) in [5.74, 6) is -0.482. The third-order valence-corrected chi connectivity index (χ3v) is 5.55. The molecule has 0 aliphatic carbocycles. The molecular formula is C16H16N2O5S. The molecule has 0 aromatic heterocycles. The second-order valence-corrected chi connectivity index (χ2v) is 7.88. The molecule has 0 saturated carbocycles. The number of rotatable bonds is 5. The van der Waals surface area contributed by atoms with Crippen LogP contribution >= 0.6 is 0 Å². The summed E-state index contributed by atoms with van der Waals surface area (Å²) >= 11 is 0. The van der Waals surface area contributed by atoms with Gasteiger partial charge >= 0.3 is 0 Å². The number of nitro groups is 1. The van der Waals surface area contributed by atoms with Gasteiger partial charge in [0.1, 0.15) is 0 Å². The molecule has 0 heterocycles. The summed E-state index contributed by atoms with van der Waals surface area (Å²) in [6.45, 7) is 3.16. The van der Waals surface area contributed by atoms with Gasteiger partial charge in [-0.1, -0.05) is 6.07 Å². The second kappa shape index (κ2) is 6.79. The van der Waals surface area contributed by atoms with Crippen molar-refractivity contribution < 1.29 is 18.1 Å². The summed E-state index contributed by atoms with van der Waals surface area (Å²) < 4.78 is 24.1. The van der Waals surface area contributed by atoms with E-state index < -0.39 is 25.9 Å². The van der Waals surface area contributed by atoms with Crippen molar-refractivity contribution in [3.05, 3.63) is 64.2 Å². The number of nitrogens with zero attached hydrogens (tertiary/aromatic N) is 1. The molecule has 7 nitrogen and oxygen atoms in total. The Balaban J connectivity index is 2.19. The molecule has 0 fully saturated rings. The Kier molecular flexibility index (Phi) is 4.99. The van der Waals surface area contributed by atoms with Gasteiger partial charge in [-0.2, -0.15) is 0 Å². The van der Waals surface area contributed by atoms with Crippen LogP contribution in [-0.2, 0) is 9.84 Å². The van der Waals surface area contributed by atoms with E-state index in [9.17, 15) is 23.3 Å². The summed E-state index contributed by atoms with van der Waals surface area (Å²) in [5.41, 5.74) is 0.406. The summed E-state index contributed by atoms with van der Waals surface area (Å²) in [4.78, 5) is 22.5. The van der Waals surface area contributed by atoms with Gasteiger partial charge in [-0.25, -0.2) is 8.42 Å². The van der Waals surface area contributed by atoms with Crippen LogP contribution < -0.4 is 5.32 Å². The topological polar surface area (TPSA) is 106 Å². The number of anilines is 1. The van der Waals surface area contributed by atoms with Crippen molar-refractivity contribution in [1.82, 2.24) is 0 Å². The van der Waals surface area contributed by atoms with E-state index in [-0.39, 0.29) is 21.8 Å². The van der Waals surface area contributed by atoms with E-state index in [1.54, 1.807) is 13.8 Å². The molecule has 1 N–H and O–H groups in total. The Morgan fingerprint density at radius 3 is 2.29 bits per heavy atom. The third kappa shape index (κ3) is 3.77. The lowest BCUT2D eigenvalue weighted by molar-refractivity contribution is -0.384. The molecule has 2 aromatic rings. The molecule has 0 radical (unpaired) electrons. The van der Waals surface area contributed by atoms with Crippen LogP contribution in [0.1, 0.15) is 24.2 Å². The Morgan fingerprint density at radius 2 is 1.75 bits per heavy atom. The number of nitro benzene ring substituents is 1. The Morgan fingerprint density at radius 1 is 1.12 bits per heavy atom. The molecule has 1 amide bonds. The highest BCUT2D eigenvalue weighted by Crippen LogP contribution is 2.19. The van der Waals surface area contributed by atoms with Crippen LogP contribution in [0.5, 0.6) is 0 Å². The fourth-order valence-electron chi connectivity index (χ4n) is 1.97. The Labute approximate surface area is 139 Å². The maximum absolute atomic E-state index is 12.2. The smallest absolute Gasteiger partial charge is 0.271 e. The number of carbonyl (C=O) groups excluding carboxylic acids is 1. The minimum Gasteiger partial charge on any atom is -0.322 e. The molecular weight excluding hydrogens is 332 g/mol. The molecule has 0 saturated heterocycles. The van der Waals surface area contributed by atoms with E-state index in [1.807, 2.05) is 0 Å². The van der Waals surface area contributed by atoms with Crippen LogP contribution in [0.4, 0.5) is 11.4 Å². The molecule has 126 valence electrons. The number of non-ortho nitro benzene ring substituents is 1. The van der Waals surface area contributed by atoms with Gasteiger partial charge in [0.25, 0.3) is 11.6 Å². The maximum atomic E-state index is 12.2. The van der Waals surface area contributed by atoms with Gasteiger partial charge < -0.3 is 5.32 Å². The summed E-state index contributed by atoms with van der Waals surface area (Å²) in [6, 6.07) is 11.1. The maximum Gasteiger partial charge on any atom is 0.271 e. The van der Waals surface area contributed by atoms with Gasteiger partial charge in [0.15, 0.2) is 9.84 Å². The monoisotopic (exact) mass is 348 g/mol. The van der Waals surface area contributed by atoms with Crippen molar-refractivity contribution in [3.8, 4) is 0 Å². The van der Waals surface area contributed by atoms with Gasteiger partial charge in [-0.15, -0.1) is 0 Å². The van der Waals surface area contributed by atoms with Crippen molar-refractivity contribution in [2.24, 2.45) is 0 Å². The van der Waals surface area contributed by atoms with Gasteiger partial charge in [0.05, 0.1) is 15.1 Å². The quantitative estimate of drug-likeness (QED) is 0.660. The van der Waals surface area contributed by atoms with Gasteiger partial charge in [0, 0.05) is 23.4 Å². The SMILES string of the molecule is CC(C)S(=O)(=O)c1ccc(C(=O)Nc2cccc([N+](=O)[O-])c2)cc1. The normalized spacial score (nSPS) is 11.3. The number of benzene rings is 2. The molecule has 0 spiro atoms. The molecule has 0 aliphatic heterocycles. The number of sulfone groups is 1. The zero-order valence-electron chi connectivity index (χ0n) is 13.1. The highest BCUT2D eigenvalue weighted by Gasteiger charge is 2.19. The van der Waals surface area contributed by atoms with E-state index in [1.165, 1.54) is 48.5 Å². The first-order valence-corrected chi connectivity index (χ1v) is 8.66. The van der Waals surface area contributed by atoms with Crippen LogP contribution in [0.25, 0.3) is 0 Å².